The number of aromatic nitrogens is 1. The van der Waals surface area contributed by atoms with E-state index >= 15 is 0 Å². The lowest BCUT2D eigenvalue weighted by Crippen LogP contribution is -2.40. The highest BCUT2D eigenvalue weighted by Crippen LogP contribution is 2.08. The number of carbonyl (C=O) groups is 1. The third-order valence-electron chi connectivity index (χ3n) is 1.76. The van der Waals surface area contributed by atoms with Crippen LogP contribution in [-0.4, -0.2) is 45.5 Å². The van der Waals surface area contributed by atoms with Crippen LogP contribution in [0, 0.1) is 0 Å². The fraction of sp³-hybridized carbons (Fsp3) is 0.333. The van der Waals surface area contributed by atoms with Crippen molar-refractivity contribution in [1.29, 1.82) is 0 Å². The van der Waals surface area contributed by atoms with Crippen LogP contribution >= 0.6 is 0 Å². The van der Waals surface area contributed by atoms with E-state index in [-0.39, 0.29) is 24.5 Å². The maximum atomic E-state index is 11.4. The summed E-state index contributed by atoms with van der Waals surface area (Å²) >= 11 is 0. The topological polar surface area (TPSA) is 103 Å². The highest BCUT2D eigenvalue weighted by Gasteiger charge is 2.12. The largest absolute Gasteiger partial charge is 0.506 e. The molecule has 1 aromatic heterocycles. The van der Waals surface area contributed by atoms with E-state index in [1.165, 1.54) is 18.5 Å². The van der Waals surface area contributed by atoms with E-state index < -0.39 is 11.9 Å². The molecule has 4 N–H and O–H groups in total. The van der Waals surface area contributed by atoms with Gasteiger partial charge in [-0.1, -0.05) is 0 Å². The molecular formula is C9H12N2O4. The summed E-state index contributed by atoms with van der Waals surface area (Å²) in [5.74, 6) is -0.626. The van der Waals surface area contributed by atoms with Gasteiger partial charge in [0, 0.05) is 6.20 Å². The van der Waals surface area contributed by atoms with Crippen LogP contribution in [0.2, 0.25) is 0 Å². The van der Waals surface area contributed by atoms with Crippen LogP contribution in [0.1, 0.15) is 10.4 Å². The van der Waals surface area contributed by atoms with Gasteiger partial charge in [0.2, 0.25) is 0 Å². The molecule has 15 heavy (non-hydrogen) atoms. The van der Waals surface area contributed by atoms with E-state index in [0.29, 0.717) is 0 Å². The summed E-state index contributed by atoms with van der Waals surface area (Å²) in [6.07, 6.45) is 2.48. The van der Waals surface area contributed by atoms with Crippen molar-refractivity contribution in [2.24, 2.45) is 0 Å². The van der Waals surface area contributed by atoms with Crippen LogP contribution in [0.25, 0.3) is 0 Å². The fourth-order valence-corrected chi connectivity index (χ4v) is 0.970. The molecule has 0 saturated heterocycles. The Kier molecular flexibility index (Phi) is 4.02. The Hall–Kier alpha value is -1.66. The minimum Gasteiger partial charge on any atom is -0.506 e. The zero-order valence-corrected chi connectivity index (χ0v) is 7.92. The van der Waals surface area contributed by atoms with Gasteiger partial charge in [-0.15, -0.1) is 0 Å². The van der Waals surface area contributed by atoms with Gasteiger partial charge in [-0.05, 0) is 6.07 Å². The van der Waals surface area contributed by atoms with Crippen molar-refractivity contribution in [3.8, 4) is 5.75 Å². The molecule has 0 atom stereocenters. The van der Waals surface area contributed by atoms with E-state index in [9.17, 15) is 4.79 Å². The van der Waals surface area contributed by atoms with Gasteiger partial charge in [0.05, 0.1) is 31.0 Å². The zero-order valence-electron chi connectivity index (χ0n) is 7.92. The van der Waals surface area contributed by atoms with Crippen molar-refractivity contribution in [3.05, 3.63) is 24.0 Å². The molecule has 1 amide bonds. The molecule has 0 radical (unpaired) electrons. The standard InChI is InChI=1S/C9H12N2O4/c12-4-7(5-13)11-9(15)6-1-8(14)3-10-2-6/h1-3,7,12-14H,4-5H2,(H,11,15). The van der Waals surface area contributed by atoms with Gasteiger partial charge in [-0.25, -0.2) is 0 Å². The SMILES string of the molecule is O=C(NC(CO)CO)c1cncc(O)c1. The summed E-state index contributed by atoms with van der Waals surface area (Å²) in [6, 6.07) is 0.536. The number of aliphatic hydroxyl groups excluding tert-OH is 2. The van der Waals surface area contributed by atoms with Crippen LogP contribution in [-0.2, 0) is 0 Å². The molecule has 6 nitrogen and oxygen atoms in total. The molecule has 0 saturated carbocycles. The smallest absolute Gasteiger partial charge is 0.253 e. The monoisotopic (exact) mass is 212 g/mol. The summed E-state index contributed by atoms with van der Waals surface area (Å²) in [7, 11) is 0. The zero-order chi connectivity index (χ0) is 11.3. The number of hydrogen-bond acceptors (Lipinski definition) is 5. The number of aliphatic hydroxyl groups is 2. The van der Waals surface area contributed by atoms with Crippen molar-refractivity contribution in [3.63, 3.8) is 0 Å². The molecule has 1 heterocycles. The van der Waals surface area contributed by atoms with Gasteiger partial charge in [0.25, 0.3) is 5.91 Å². The van der Waals surface area contributed by atoms with Gasteiger partial charge in [0.15, 0.2) is 0 Å². The maximum Gasteiger partial charge on any atom is 0.253 e. The summed E-state index contributed by atoms with van der Waals surface area (Å²) in [5, 5.41) is 28.9. The van der Waals surface area contributed by atoms with Crippen LogP contribution in [0.5, 0.6) is 5.75 Å². The molecule has 0 aromatic carbocycles. The highest BCUT2D eigenvalue weighted by molar-refractivity contribution is 5.94. The van der Waals surface area contributed by atoms with Crippen LogP contribution in [0.3, 0.4) is 0 Å². The fourth-order valence-electron chi connectivity index (χ4n) is 0.970. The number of aromatic hydroxyl groups is 1. The molecule has 0 aliphatic heterocycles. The van der Waals surface area contributed by atoms with Crippen LogP contribution in [0.15, 0.2) is 18.5 Å². The van der Waals surface area contributed by atoms with E-state index in [1.54, 1.807) is 0 Å². The maximum absolute atomic E-state index is 11.4. The molecule has 0 aliphatic rings. The Bertz CT molecular complexity index is 339. The highest BCUT2D eigenvalue weighted by atomic mass is 16.3. The van der Waals surface area contributed by atoms with Crippen molar-refractivity contribution in [2.45, 2.75) is 6.04 Å². The molecular weight excluding hydrogens is 200 g/mol. The number of rotatable bonds is 4. The minimum atomic E-state index is -0.708. The summed E-state index contributed by atoms with van der Waals surface area (Å²) in [5.41, 5.74) is 0.168. The Balaban J connectivity index is 2.68. The van der Waals surface area contributed by atoms with Crippen molar-refractivity contribution in [1.82, 2.24) is 10.3 Å². The van der Waals surface area contributed by atoms with E-state index in [2.05, 4.69) is 10.3 Å². The lowest BCUT2D eigenvalue weighted by Gasteiger charge is -2.12. The number of nitrogens with zero attached hydrogens (tertiary/aromatic N) is 1. The van der Waals surface area contributed by atoms with Gasteiger partial charge >= 0.3 is 0 Å². The first-order valence-corrected chi connectivity index (χ1v) is 4.34. The predicted octanol–water partition coefficient (Wildman–Crippen LogP) is -1.13. The molecule has 0 spiro atoms. The third kappa shape index (κ3) is 3.19. The molecule has 0 aliphatic carbocycles. The second kappa shape index (κ2) is 5.28. The molecule has 1 rings (SSSR count). The molecule has 0 fully saturated rings. The van der Waals surface area contributed by atoms with Gasteiger partial charge in [0.1, 0.15) is 5.75 Å². The van der Waals surface area contributed by atoms with E-state index in [4.69, 9.17) is 15.3 Å². The van der Waals surface area contributed by atoms with Gasteiger partial charge < -0.3 is 20.6 Å². The van der Waals surface area contributed by atoms with Gasteiger partial charge in [-0.3, -0.25) is 9.78 Å². The number of pyridine rings is 1. The first kappa shape index (κ1) is 11.4. The predicted molar refractivity (Wildman–Crippen MR) is 51.3 cm³/mol. The Labute approximate surface area is 86.2 Å². The molecule has 0 bridgehead atoms. The number of nitrogens with one attached hydrogen (secondary N) is 1. The van der Waals surface area contributed by atoms with Gasteiger partial charge in [-0.2, -0.15) is 0 Å². The number of amides is 1. The van der Waals surface area contributed by atoms with Crippen LogP contribution < -0.4 is 5.32 Å². The molecule has 6 heteroatoms. The Morgan fingerprint density at radius 1 is 1.40 bits per heavy atom. The first-order chi connectivity index (χ1) is 7.17. The normalized spacial score (nSPS) is 10.3. The van der Waals surface area contributed by atoms with E-state index in [1.807, 2.05) is 0 Å². The number of carbonyl (C=O) groups excluding carboxylic acids is 1. The first-order valence-electron chi connectivity index (χ1n) is 4.34. The Morgan fingerprint density at radius 3 is 2.60 bits per heavy atom. The van der Waals surface area contributed by atoms with Crippen molar-refractivity contribution in [2.75, 3.05) is 13.2 Å². The second-order valence-electron chi connectivity index (χ2n) is 2.97. The number of hydrogen-bond donors (Lipinski definition) is 4. The van der Waals surface area contributed by atoms with Crippen molar-refractivity contribution < 1.29 is 20.1 Å². The lowest BCUT2D eigenvalue weighted by molar-refractivity contribution is 0.0878. The van der Waals surface area contributed by atoms with Crippen molar-refractivity contribution >= 4 is 5.91 Å². The molecule has 82 valence electrons. The lowest BCUT2D eigenvalue weighted by atomic mass is 10.2. The second-order valence-corrected chi connectivity index (χ2v) is 2.97. The average molecular weight is 212 g/mol. The third-order valence-corrected chi connectivity index (χ3v) is 1.76. The van der Waals surface area contributed by atoms with E-state index in [0.717, 1.165) is 0 Å². The van der Waals surface area contributed by atoms with Crippen LogP contribution in [0.4, 0.5) is 0 Å². The summed E-state index contributed by atoms with van der Waals surface area (Å²) < 4.78 is 0. The average Bonchev–Trinajstić information content (AvgIpc) is 2.25. The molecule has 1 aromatic rings. The molecule has 0 unspecified atom stereocenters. The summed E-state index contributed by atoms with van der Waals surface area (Å²) in [6.45, 7) is -0.705. The quantitative estimate of drug-likeness (QED) is 0.505. The summed E-state index contributed by atoms with van der Waals surface area (Å²) in [4.78, 5) is 15.1. The minimum absolute atomic E-state index is 0.118. The Morgan fingerprint density at radius 2 is 2.07 bits per heavy atom.